The van der Waals surface area contributed by atoms with E-state index in [0.717, 1.165) is 49.1 Å². The highest BCUT2D eigenvalue weighted by atomic mass is 79.9. The number of hydrogen-bond donors (Lipinski definition) is 2. The van der Waals surface area contributed by atoms with Crippen LogP contribution in [0.2, 0.25) is 0 Å². The van der Waals surface area contributed by atoms with E-state index in [1.807, 2.05) is 6.20 Å². The van der Waals surface area contributed by atoms with Crippen molar-refractivity contribution in [3.8, 4) is 0 Å². The maximum atomic E-state index is 9.55. The van der Waals surface area contributed by atoms with Crippen LogP contribution in [0.1, 0.15) is 38.5 Å². The maximum absolute atomic E-state index is 9.55. The molecule has 1 saturated heterocycles. The molecule has 0 aromatic carbocycles. The average molecular weight is 341 g/mol. The van der Waals surface area contributed by atoms with Crippen LogP contribution in [0.15, 0.2) is 10.7 Å². The molecule has 0 radical (unpaired) electrons. The first-order valence-corrected chi connectivity index (χ1v) is 8.24. The number of aliphatic hydroxyl groups excluding tert-OH is 1. The topological polar surface area (TPSA) is 61.3 Å². The minimum atomic E-state index is -0.126. The lowest BCUT2D eigenvalue weighted by atomic mass is 9.93. The first-order valence-electron chi connectivity index (χ1n) is 7.44. The summed E-state index contributed by atoms with van der Waals surface area (Å²) >= 11 is 3.55. The highest BCUT2D eigenvalue weighted by Crippen LogP contribution is 2.28. The first kappa shape index (κ1) is 14.1. The van der Waals surface area contributed by atoms with Crippen LogP contribution in [0.3, 0.4) is 0 Å². The molecule has 1 aromatic heterocycles. The van der Waals surface area contributed by atoms with Crippen LogP contribution in [-0.4, -0.2) is 40.3 Å². The van der Waals surface area contributed by atoms with Crippen LogP contribution < -0.4 is 10.2 Å². The molecule has 3 rings (SSSR count). The van der Waals surface area contributed by atoms with Crippen molar-refractivity contribution in [2.75, 3.05) is 23.3 Å². The Kier molecular flexibility index (Phi) is 4.41. The van der Waals surface area contributed by atoms with Gasteiger partial charge in [0.05, 0.1) is 10.6 Å². The van der Waals surface area contributed by atoms with Gasteiger partial charge in [0.15, 0.2) is 0 Å². The van der Waals surface area contributed by atoms with Crippen molar-refractivity contribution in [1.29, 1.82) is 0 Å². The molecule has 0 spiro atoms. The Morgan fingerprint density at radius 2 is 1.90 bits per heavy atom. The van der Waals surface area contributed by atoms with Crippen molar-refractivity contribution >= 4 is 27.7 Å². The molecule has 1 saturated carbocycles. The van der Waals surface area contributed by atoms with Crippen LogP contribution in [0.25, 0.3) is 0 Å². The largest absolute Gasteiger partial charge is 0.393 e. The van der Waals surface area contributed by atoms with E-state index in [4.69, 9.17) is 0 Å². The summed E-state index contributed by atoms with van der Waals surface area (Å²) in [6.45, 7) is 2.15. The Morgan fingerprint density at radius 1 is 1.20 bits per heavy atom. The van der Waals surface area contributed by atoms with Crippen LogP contribution in [0, 0.1) is 0 Å². The van der Waals surface area contributed by atoms with E-state index in [0.29, 0.717) is 12.0 Å². The molecular weight excluding hydrogens is 320 g/mol. The summed E-state index contributed by atoms with van der Waals surface area (Å²) in [5.41, 5.74) is 0. The second kappa shape index (κ2) is 6.26. The standard InChI is InChI=1S/C14H21BrN4O/c15-12-9-16-14(17-10-3-5-11(20)6-4-10)18-13(12)19-7-1-2-8-19/h9-11,20H,1-8H2,(H,16,17,18). The van der Waals surface area contributed by atoms with Crippen LogP contribution in [0.5, 0.6) is 0 Å². The Balaban J connectivity index is 1.69. The van der Waals surface area contributed by atoms with Gasteiger partial charge in [0, 0.05) is 25.3 Å². The van der Waals surface area contributed by atoms with E-state index < -0.39 is 0 Å². The molecule has 1 aromatic rings. The van der Waals surface area contributed by atoms with E-state index in [9.17, 15) is 5.11 Å². The van der Waals surface area contributed by atoms with Gasteiger partial charge >= 0.3 is 0 Å². The van der Waals surface area contributed by atoms with Crippen LogP contribution in [-0.2, 0) is 0 Å². The highest BCUT2D eigenvalue weighted by Gasteiger charge is 2.21. The molecule has 1 aliphatic carbocycles. The molecule has 2 heterocycles. The number of halogens is 1. The van der Waals surface area contributed by atoms with Crippen LogP contribution >= 0.6 is 15.9 Å². The lowest BCUT2D eigenvalue weighted by Gasteiger charge is -2.26. The van der Waals surface area contributed by atoms with Crippen molar-refractivity contribution in [2.24, 2.45) is 0 Å². The smallest absolute Gasteiger partial charge is 0.224 e. The van der Waals surface area contributed by atoms with Gasteiger partial charge in [-0.15, -0.1) is 0 Å². The number of nitrogens with one attached hydrogen (secondary N) is 1. The summed E-state index contributed by atoms with van der Waals surface area (Å²) in [6, 6.07) is 0.381. The van der Waals surface area contributed by atoms with E-state index in [1.54, 1.807) is 0 Å². The second-order valence-electron chi connectivity index (χ2n) is 5.71. The van der Waals surface area contributed by atoms with Gasteiger partial charge in [0.2, 0.25) is 5.95 Å². The number of hydrogen-bond acceptors (Lipinski definition) is 5. The van der Waals surface area contributed by atoms with Crippen molar-refractivity contribution < 1.29 is 5.11 Å². The van der Waals surface area contributed by atoms with Crippen LogP contribution in [0.4, 0.5) is 11.8 Å². The number of anilines is 2. The van der Waals surface area contributed by atoms with Crippen molar-refractivity contribution in [1.82, 2.24) is 9.97 Å². The Hall–Kier alpha value is -0.880. The van der Waals surface area contributed by atoms with Gasteiger partial charge in [-0.2, -0.15) is 4.98 Å². The molecule has 0 amide bonds. The third-order valence-electron chi connectivity index (χ3n) is 4.16. The quantitative estimate of drug-likeness (QED) is 0.885. The molecule has 2 N–H and O–H groups in total. The lowest BCUT2D eigenvalue weighted by Crippen LogP contribution is -2.29. The fourth-order valence-corrected chi connectivity index (χ4v) is 3.42. The summed E-state index contributed by atoms with van der Waals surface area (Å²) in [4.78, 5) is 11.3. The Morgan fingerprint density at radius 3 is 2.60 bits per heavy atom. The predicted octanol–water partition coefficient (Wildman–Crippen LogP) is 2.55. The fourth-order valence-electron chi connectivity index (χ4n) is 2.98. The normalized spacial score (nSPS) is 26.8. The van der Waals surface area contributed by atoms with Gasteiger partial charge < -0.3 is 15.3 Å². The molecule has 0 atom stereocenters. The molecule has 0 unspecified atom stereocenters. The van der Waals surface area contributed by atoms with E-state index in [-0.39, 0.29) is 6.10 Å². The molecule has 0 bridgehead atoms. The SMILES string of the molecule is OC1CCC(Nc2ncc(Br)c(N3CCCC3)n2)CC1. The Bertz CT molecular complexity index is 456. The van der Waals surface area contributed by atoms with Crippen molar-refractivity contribution in [2.45, 2.75) is 50.7 Å². The molecule has 5 nitrogen and oxygen atoms in total. The van der Waals surface area contributed by atoms with Gasteiger partial charge in [-0.3, -0.25) is 0 Å². The molecule has 2 fully saturated rings. The summed E-state index contributed by atoms with van der Waals surface area (Å²) in [5, 5.41) is 13.0. The zero-order valence-electron chi connectivity index (χ0n) is 11.6. The maximum Gasteiger partial charge on any atom is 0.224 e. The fraction of sp³-hybridized carbons (Fsp3) is 0.714. The first-order chi connectivity index (χ1) is 9.72. The average Bonchev–Trinajstić information content (AvgIpc) is 2.97. The number of aliphatic hydroxyl groups is 1. The number of nitrogens with zero attached hydrogens (tertiary/aromatic N) is 3. The minimum Gasteiger partial charge on any atom is -0.393 e. The van der Waals surface area contributed by atoms with Gasteiger partial charge in [0.1, 0.15) is 5.82 Å². The monoisotopic (exact) mass is 340 g/mol. The van der Waals surface area contributed by atoms with Gasteiger partial charge in [-0.1, -0.05) is 0 Å². The summed E-state index contributed by atoms with van der Waals surface area (Å²) in [7, 11) is 0. The zero-order valence-corrected chi connectivity index (χ0v) is 13.1. The van der Waals surface area contributed by atoms with Gasteiger partial charge in [-0.05, 0) is 54.5 Å². The summed E-state index contributed by atoms with van der Waals surface area (Å²) in [6.07, 6.45) is 7.89. The second-order valence-corrected chi connectivity index (χ2v) is 6.56. The van der Waals surface area contributed by atoms with E-state index >= 15 is 0 Å². The molecule has 20 heavy (non-hydrogen) atoms. The molecule has 6 heteroatoms. The lowest BCUT2D eigenvalue weighted by molar-refractivity contribution is 0.126. The Labute approximate surface area is 127 Å². The number of aromatic nitrogens is 2. The third kappa shape index (κ3) is 3.23. The van der Waals surface area contributed by atoms with Gasteiger partial charge in [0.25, 0.3) is 0 Å². The summed E-state index contributed by atoms with van der Waals surface area (Å²) < 4.78 is 0.962. The molecule has 110 valence electrons. The minimum absolute atomic E-state index is 0.126. The van der Waals surface area contributed by atoms with Gasteiger partial charge in [-0.25, -0.2) is 4.98 Å². The highest BCUT2D eigenvalue weighted by molar-refractivity contribution is 9.10. The van der Waals surface area contributed by atoms with Crippen molar-refractivity contribution in [3.05, 3.63) is 10.7 Å². The molecular formula is C14H21BrN4O. The predicted molar refractivity (Wildman–Crippen MR) is 83.1 cm³/mol. The summed E-state index contributed by atoms with van der Waals surface area (Å²) in [5.74, 6) is 1.70. The van der Waals surface area contributed by atoms with E-state index in [1.165, 1.54) is 12.8 Å². The van der Waals surface area contributed by atoms with E-state index in [2.05, 4.69) is 36.1 Å². The molecule has 2 aliphatic rings. The molecule has 1 aliphatic heterocycles. The zero-order chi connectivity index (χ0) is 13.9. The number of rotatable bonds is 3. The third-order valence-corrected chi connectivity index (χ3v) is 4.72. The van der Waals surface area contributed by atoms with Crippen molar-refractivity contribution in [3.63, 3.8) is 0 Å².